The minimum Gasteiger partial charge on any atom is -0.396 e. The lowest BCUT2D eigenvalue weighted by Crippen LogP contribution is -2.41. The van der Waals surface area contributed by atoms with Crippen LogP contribution >= 0.6 is 7.60 Å². The van der Waals surface area contributed by atoms with Crippen molar-refractivity contribution in [2.45, 2.75) is 12.5 Å². The molecule has 6 N–H and O–H groups in total. The highest BCUT2D eigenvalue weighted by molar-refractivity contribution is 7.51. The van der Waals surface area contributed by atoms with E-state index in [0.717, 1.165) is 0 Å². The van der Waals surface area contributed by atoms with Gasteiger partial charge in [0.15, 0.2) is 0 Å². The van der Waals surface area contributed by atoms with E-state index in [1.807, 2.05) is 5.32 Å². The van der Waals surface area contributed by atoms with E-state index in [2.05, 4.69) is 0 Å². The Kier molecular flexibility index (Phi) is 5.12. The van der Waals surface area contributed by atoms with E-state index in [1.165, 1.54) is 0 Å². The Balaban J connectivity index is 3.81. The topological polar surface area (TPSA) is 133 Å². The van der Waals surface area contributed by atoms with Crippen LogP contribution in [-0.2, 0) is 9.36 Å². The molecule has 0 saturated carbocycles. The van der Waals surface area contributed by atoms with Crippen LogP contribution in [0.15, 0.2) is 0 Å². The lowest BCUT2D eigenvalue weighted by atomic mass is 10.2. The van der Waals surface area contributed by atoms with Gasteiger partial charge in [0.05, 0.1) is 6.04 Å². The number of aliphatic hydroxyl groups is 1. The molecule has 0 aromatic heterocycles. The Morgan fingerprint density at radius 1 is 1.54 bits per heavy atom. The highest BCUT2D eigenvalue weighted by atomic mass is 31.2. The average molecular weight is 212 g/mol. The first-order chi connectivity index (χ1) is 5.87. The number of carbonyl (C=O) groups is 1. The summed E-state index contributed by atoms with van der Waals surface area (Å²) in [5.41, 5.74) is 5.23. The van der Waals surface area contributed by atoms with Gasteiger partial charge in [0, 0.05) is 6.61 Å². The van der Waals surface area contributed by atoms with Crippen molar-refractivity contribution in [3.63, 3.8) is 0 Å². The summed E-state index contributed by atoms with van der Waals surface area (Å²) in [7, 11) is -4.23. The second-order valence-corrected chi connectivity index (χ2v) is 4.13. The fourth-order valence-corrected chi connectivity index (χ4v) is 0.944. The van der Waals surface area contributed by atoms with E-state index in [1.54, 1.807) is 0 Å². The van der Waals surface area contributed by atoms with Crippen LogP contribution in [0.5, 0.6) is 0 Å². The number of aliphatic hydroxyl groups excluding tert-OH is 1. The fourth-order valence-electron chi connectivity index (χ4n) is 0.582. The molecule has 0 rings (SSSR count). The Labute approximate surface area is 75.1 Å². The average Bonchev–Trinajstić information content (AvgIpc) is 1.99. The molecule has 0 aromatic carbocycles. The molecule has 0 aliphatic carbocycles. The molecule has 0 aliphatic heterocycles. The zero-order valence-corrected chi connectivity index (χ0v) is 7.78. The summed E-state index contributed by atoms with van der Waals surface area (Å²) in [6.07, 6.45) is -0.669. The maximum Gasteiger partial charge on any atom is 0.344 e. The van der Waals surface area contributed by atoms with Gasteiger partial charge in [-0.2, -0.15) is 0 Å². The summed E-state index contributed by atoms with van der Waals surface area (Å²) in [5.74, 6) is -0.683. The van der Waals surface area contributed by atoms with Gasteiger partial charge in [0.25, 0.3) is 0 Å². The van der Waals surface area contributed by atoms with Crippen LogP contribution in [0.4, 0.5) is 0 Å². The van der Waals surface area contributed by atoms with Crippen LogP contribution in [-0.4, -0.2) is 39.7 Å². The van der Waals surface area contributed by atoms with Crippen molar-refractivity contribution in [2.75, 3.05) is 12.9 Å². The van der Waals surface area contributed by atoms with Gasteiger partial charge in [0.2, 0.25) is 5.91 Å². The number of hydrogen-bond acceptors (Lipinski definition) is 4. The van der Waals surface area contributed by atoms with Gasteiger partial charge in [-0.15, -0.1) is 0 Å². The maximum atomic E-state index is 10.9. The molecule has 0 radical (unpaired) electrons. The third kappa shape index (κ3) is 6.68. The fraction of sp³-hybridized carbons (Fsp3) is 0.800. The van der Waals surface area contributed by atoms with Gasteiger partial charge in [-0.25, -0.2) is 0 Å². The third-order valence-corrected chi connectivity index (χ3v) is 1.81. The molecule has 0 aliphatic rings. The lowest BCUT2D eigenvalue weighted by molar-refractivity contribution is -0.122. The zero-order chi connectivity index (χ0) is 10.5. The van der Waals surface area contributed by atoms with Crippen LogP contribution in [0.25, 0.3) is 0 Å². The predicted octanol–water partition coefficient (Wildman–Crippen LogP) is -2.05. The molecule has 1 amide bonds. The minimum atomic E-state index is -4.23. The molecule has 0 spiro atoms. The molecule has 78 valence electrons. The van der Waals surface area contributed by atoms with E-state index >= 15 is 0 Å². The van der Waals surface area contributed by atoms with Crippen molar-refractivity contribution in [3.8, 4) is 0 Å². The second-order valence-electron chi connectivity index (χ2n) is 2.48. The van der Waals surface area contributed by atoms with Gasteiger partial charge in [-0.05, 0) is 6.42 Å². The van der Waals surface area contributed by atoms with Gasteiger partial charge in [-0.3, -0.25) is 9.36 Å². The first-order valence-electron chi connectivity index (χ1n) is 3.55. The lowest BCUT2D eigenvalue weighted by Gasteiger charge is -2.11. The van der Waals surface area contributed by atoms with E-state index < -0.39 is 25.8 Å². The van der Waals surface area contributed by atoms with Crippen molar-refractivity contribution >= 4 is 13.5 Å². The van der Waals surface area contributed by atoms with Crippen LogP contribution < -0.4 is 11.1 Å². The Morgan fingerprint density at radius 2 is 2.08 bits per heavy atom. The van der Waals surface area contributed by atoms with Gasteiger partial charge < -0.3 is 25.9 Å². The van der Waals surface area contributed by atoms with Crippen LogP contribution in [0.3, 0.4) is 0 Å². The van der Waals surface area contributed by atoms with Gasteiger partial charge in [0.1, 0.15) is 6.29 Å². The summed E-state index contributed by atoms with van der Waals surface area (Å²) in [6, 6.07) is -0.934. The number of amides is 1. The number of carbonyl (C=O) groups excluding carboxylic acids is 1. The molecule has 0 unspecified atom stereocenters. The highest BCUT2D eigenvalue weighted by Crippen LogP contribution is 2.31. The van der Waals surface area contributed by atoms with Crippen LogP contribution in [0, 0.1) is 0 Å². The summed E-state index contributed by atoms with van der Waals surface area (Å²) >= 11 is 0. The number of nitrogens with two attached hydrogens (primary N) is 1. The van der Waals surface area contributed by atoms with Crippen molar-refractivity contribution in [1.29, 1.82) is 0 Å². The first kappa shape index (κ1) is 12.5. The quantitative estimate of drug-likeness (QED) is 0.333. The molecule has 0 fully saturated rings. The van der Waals surface area contributed by atoms with Gasteiger partial charge >= 0.3 is 7.60 Å². The second kappa shape index (κ2) is 5.31. The van der Waals surface area contributed by atoms with Crippen molar-refractivity contribution in [2.24, 2.45) is 5.73 Å². The molecular weight excluding hydrogens is 199 g/mol. The van der Waals surface area contributed by atoms with Crippen molar-refractivity contribution in [1.82, 2.24) is 5.32 Å². The van der Waals surface area contributed by atoms with Gasteiger partial charge in [-0.1, -0.05) is 0 Å². The number of rotatable bonds is 5. The molecule has 8 heteroatoms. The molecule has 0 aromatic rings. The summed E-state index contributed by atoms with van der Waals surface area (Å²) < 4.78 is 10.3. The van der Waals surface area contributed by atoms with E-state index in [4.69, 9.17) is 20.6 Å². The van der Waals surface area contributed by atoms with E-state index in [9.17, 15) is 9.36 Å². The SMILES string of the molecule is N[C@@H](CCO)C(=O)NCP(=O)(O)O. The summed E-state index contributed by atoms with van der Waals surface area (Å²) in [4.78, 5) is 27.7. The van der Waals surface area contributed by atoms with Crippen LogP contribution in [0.1, 0.15) is 6.42 Å². The molecule has 0 heterocycles. The predicted molar refractivity (Wildman–Crippen MR) is 44.7 cm³/mol. The Morgan fingerprint density at radius 3 is 2.46 bits per heavy atom. The normalized spacial score (nSPS) is 13.8. The minimum absolute atomic E-state index is 0.0625. The van der Waals surface area contributed by atoms with Crippen molar-refractivity contribution in [3.05, 3.63) is 0 Å². The number of nitrogens with one attached hydrogen (secondary N) is 1. The largest absolute Gasteiger partial charge is 0.396 e. The smallest absolute Gasteiger partial charge is 0.344 e. The van der Waals surface area contributed by atoms with E-state index in [-0.39, 0.29) is 13.0 Å². The Bertz CT molecular complexity index is 215. The number of hydrogen-bond donors (Lipinski definition) is 5. The standard InChI is InChI=1S/C5H13N2O5P/c6-4(1-2-8)5(9)7-3-13(10,11)12/h4,8H,1-3,6H2,(H,7,9)(H2,10,11,12)/t4-/m0/s1. The molecular formula is C5H13N2O5P. The highest BCUT2D eigenvalue weighted by Gasteiger charge is 2.17. The molecule has 7 nitrogen and oxygen atoms in total. The third-order valence-electron chi connectivity index (χ3n) is 1.24. The molecule has 1 atom stereocenters. The summed E-state index contributed by atoms with van der Waals surface area (Å²) in [5, 5.41) is 10.4. The summed E-state index contributed by atoms with van der Waals surface area (Å²) in [6.45, 7) is -0.246. The van der Waals surface area contributed by atoms with E-state index in [0.29, 0.717) is 0 Å². The van der Waals surface area contributed by atoms with Crippen LogP contribution in [0.2, 0.25) is 0 Å². The van der Waals surface area contributed by atoms with Crippen molar-refractivity contribution < 1.29 is 24.3 Å². The molecule has 0 bridgehead atoms. The molecule has 0 saturated heterocycles. The maximum absolute atomic E-state index is 10.9. The first-order valence-corrected chi connectivity index (χ1v) is 5.35. The zero-order valence-electron chi connectivity index (χ0n) is 6.88. The molecule has 13 heavy (non-hydrogen) atoms. The monoisotopic (exact) mass is 212 g/mol. The Hall–Kier alpha value is -0.460.